The molecular weight excluding hydrogens is 438 g/mol. The third-order valence-electron chi connectivity index (χ3n) is 4.19. The van der Waals surface area contributed by atoms with Crippen molar-refractivity contribution in [1.82, 2.24) is 4.90 Å². The average Bonchev–Trinajstić information content (AvgIpc) is 3.14. The summed E-state index contributed by atoms with van der Waals surface area (Å²) in [6.45, 7) is -0.109. The quantitative estimate of drug-likeness (QED) is 0.384. The standard InChI is InChI=1S/C22H20BrNO5/c1-24(2)21(26)13-28-22-16(23)10-14(11-20(22)27-3)8-9-17(25)19-12-15-6-4-5-7-18(15)29-19/h4-12H,13H2,1-3H3/b9-8+. The number of methoxy groups -OCH3 is 1. The number of rotatable bonds is 7. The average molecular weight is 458 g/mol. The fourth-order valence-corrected chi connectivity index (χ4v) is 3.17. The summed E-state index contributed by atoms with van der Waals surface area (Å²) >= 11 is 3.43. The van der Waals surface area contributed by atoms with Crippen molar-refractivity contribution in [2.24, 2.45) is 0 Å². The number of likely N-dealkylation sites (N-methyl/N-ethyl adjacent to an activating group) is 1. The van der Waals surface area contributed by atoms with Crippen molar-refractivity contribution in [3.63, 3.8) is 0 Å². The molecule has 3 aromatic rings. The largest absolute Gasteiger partial charge is 0.493 e. The molecule has 1 aromatic heterocycles. The number of allylic oxidation sites excluding steroid dienone is 1. The molecule has 7 heteroatoms. The topological polar surface area (TPSA) is 69.0 Å². The first-order valence-electron chi connectivity index (χ1n) is 8.80. The molecule has 6 nitrogen and oxygen atoms in total. The molecule has 0 saturated heterocycles. The van der Waals surface area contributed by atoms with Gasteiger partial charge < -0.3 is 18.8 Å². The van der Waals surface area contributed by atoms with E-state index in [0.717, 1.165) is 10.9 Å². The molecule has 150 valence electrons. The Morgan fingerprint density at radius 2 is 1.93 bits per heavy atom. The number of hydrogen-bond acceptors (Lipinski definition) is 5. The van der Waals surface area contributed by atoms with Crippen LogP contribution in [0.25, 0.3) is 17.0 Å². The predicted octanol–water partition coefficient (Wildman–Crippen LogP) is 4.57. The molecule has 29 heavy (non-hydrogen) atoms. The highest BCUT2D eigenvalue weighted by Crippen LogP contribution is 2.37. The third kappa shape index (κ3) is 4.86. The van der Waals surface area contributed by atoms with E-state index in [1.165, 1.54) is 18.1 Å². The van der Waals surface area contributed by atoms with Gasteiger partial charge in [0.25, 0.3) is 5.91 Å². The highest BCUT2D eigenvalue weighted by Gasteiger charge is 2.14. The lowest BCUT2D eigenvalue weighted by Crippen LogP contribution is -2.27. The van der Waals surface area contributed by atoms with Crippen LogP contribution >= 0.6 is 15.9 Å². The van der Waals surface area contributed by atoms with E-state index in [2.05, 4.69) is 15.9 Å². The van der Waals surface area contributed by atoms with Gasteiger partial charge in [-0.1, -0.05) is 24.3 Å². The Bertz CT molecular complexity index is 1050. The van der Waals surface area contributed by atoms with Crippen molar-refractivity contribution >= 4 is 44.7 Å². The first kappa shape index (κ1) is 20.7. The highest BCUT2D eigenvalue weighted by atomic mass is 79.9. The molecule has 0 radical (unpaired) electrons. The minimum atomic E-state index is -0.242. The molecule has 0 unspecified atom stereocenters. The number of halogens is 1. The summed E-state index contributed by atoms with van der Waals surface area (Å²) in [5.41, 5.74) is 1.40. The van der Waals surface area contributed by atoms with Crippen molar-refractivity contribution in [3.8, 4) is 11.5 Å². The van der Waals surface area contributed by atoms with Gasteiger partial charge in [0, 0.05) is 19.5 Å². The number of para-hydroxylation sites is 1. The van der Waals surface area contributed by atoms with Gasteiger partial charge in [-0.2, -0.15) is 0 Å². The second-order valence-electron chi connectivity index (χ2n) is 6.46. The number of amides is 1. The van der Waals surface area contributed by atoms with Crippen molar-refractivity contribution < 1.29 is 23.5 Å². The Morgan fingerprint density at radius 3 is 2.62 bits per heavy atom. The highest BCUT2D eigenvalue weighted by molar-refractivity contribution is 9.10. The van der Waals surface area contributed by atoms with Gasteiger partial charge >= 0.3 is 0 Å². The van der Waals surface area contributed by atoms with Crippen LogP contribution in [0.15, 0.2) is 57.4 Å². The van der Waals surface area contributed by atoms with Crippen LogP contribution in [-0.2, 0) is 4.79 Å². The number of carbonyl (C=O) groups is 2. The normalized spacial score (nSPS) is 11.0. The van der Waals surface area contributed by atoms with Crippen molar-refractivity contribution in [2.45, 2.75) is 0 Å². The van der Waals surface area contributed by atoms with Crippen LogP contribution in [0.4, 0.5) is 0 Å². The molecule has 1 amide bonds. The summed E-state index contributed by atoms with van der Waals surface area (Å²) in [4.78, 5) is 25.6. The van der Waals surface area contributed by atoms with E-state index in [1.54, 1.807) is 38.4 Å². The van der Waals surface area contributed by atoms with Gasteiger partial charge in [0.05, 0.1) is 11.6 Å². The van der Waals surface area contributed by atoms with Crippen LogP contribution in [-0.4, -0.2) is 44.4 Å². The lowest BCUT2D eigenvalue weighted by molar-refractivity contribution is -0.130. The number of carbonyl (C=O) groups excluding carboxylic acids is 2. The van der Waals surface area contributed by atoms with E-state index in [-0.39, 0.29) is 24.1 Å². The van der Waals surface area contributed by atoms with Crippen LogP contribution in [0.1, 0.15) is 16.1 Å². The Morgan fingerprint density at radius 1 is 1.17 bits per heavy atom. The fourth-order valence-electron chi connectivity index (χ4n) is 2.60. The molecule has 0 N–H and O–H groups in total. The van der Waals surface area contributed by atoms with E-state index in [1.807, 2.05) is 24.3 Å². The van der Waals surface area contributed by atoms with Crippen LogP contribution in [0.3, 0.4) is 0 Å². The number of nitrogens with zero attached hydrogens (tertiary/aromatic N) is 1. The second-order valence-corrected chi connectivity index (χ2v) is 7.31. The number of hydrogen-bond donors (Lipinski definition) is 0. The summed E-state index contributed by atoms with van der Waals surface area (Å²) in [6, 6.07) is 12.7. The molecule has 0 aliphatic carbocycles. The van der Waals surface area contributed by atoms with E-state index >= 15 is 0 Å². The second kappa shape index (κ2) is 8.96. The zero-order valence-corrected chi connectivity index (χ0v) is 17.9. The molecule has 0 saturated carbocycles. The Kier molecular flexibility index (Phi) is 6.39. The molecular formula is C22H20BrNO5. The predicted molar refractivity (Wildman–Crippen MR) is 114 cm³/mol. The first-order chi connectivity index (χ1) is 13.9. The molecule has 2 aromatic carbocycles. The molecule has 0 fully saturated rings. The van der Waals surface area contributed by atoms with E-state index in [9.17, 15) is 9.59 Å². The maximum atomic E-state index is 12.4. The molecule has 0 bridgehead atoms. The van der Waals surface area contributed by atoms with E-state index < -0.39 is 0 Å². The number of ether oxygens (including phenoxy) is 2. The summed E-state index contributed by atoms with van der Waals surface area (Å²) in [5, 5.41) is 0.877. The summed E-state index contributed by atoms with van der Waals surface area (Å²) in [5.74, 6) is 0.730. The first-order valence-corrected chi connectivity index (χ1v) is 9.60. The molecule has 3 rings (SSSR count). The maximum Gasteiger partial charge on any atom is 0.259 e. The van der Waals surface area contributed by atoms with Gasteiger partial charge in [0.1, 0.15) is 5.58 Å². The van der Waals surface area contributed by atoms with Crippen molar-refractivity contribution in [3.05, 3.63) is 64.3 Å². The Labute approximate surface area is 176 Å². The van der Waals surface area contributed by atoms with Gasteiger partial charge in [-0.15, -0.1) is 0 Å². The number of fused-ring (bicyclic) bond motifs is 1. The lowest BCUT2D eigenvalue weighted by Gasteiger charge is -2.15. The Hall–Kier alpha value is -3.06. The van der Waals surface area contributed by atoms with E-state index in [4.69, 9.17) is 13.9 Å². The van der Waals surface area contributed by atoms with Gasteiger partial charge in [0.2, 0.25) is 5.78 Å². The molecule has 0 spiro atoms. The van der Waals surface area contributed by atoms with Gasteiger partial charge in [-0.25, -0.2) is 0 Å². The van der Waals surface area contributed by atoms with Crippen LogP contribution in [0, 0.1) is 0 Å². The monoisotopic (exact) mass is 457 g/mol. The number of ketones is 1. The van der Waals surface area contributed by atoms with Crippen LogP contribution < -0.4 is 9.47 Å². The Balaban J connectivity index is 1.78. The minimum absolute atomic E-state index is 0.109. The minimum Gasteiger partial charge on any atom is -0.493 e. The summed E-state index contributed by atoms with van der Waals surface area (Å²) in [6.07, 6.45) is 3.10. The van der Waals surface area contributed by atoms with Crippen LogP contribution in [0.2, 0.25) is 0 Å². The summed E-state index contributed by atoms with van der Waals surface area (Å²) < 4.78 is 17.2. The van der Waals surface area contributed by atoms with E-state index in [0.29, 0.717) is 21.6 Å². The van der Waals surface area contributed by atoms with Crippen molar-refractivity contribution in [2.75, 3.05) is 27.8 Å². The van der Waals surface area contributed by atoms with Gasteiger partial charge in [-0.3, -0.25) is 9.59 Å². The molecule has 0 atom stereocenters. The van der Waals surface area contributed by atoms with Crippen LogP contribution in [0.5, 0.6) is 11.5 Å². The smallest absolute Gasteiger partial charge is 0.259 e. The maximum absolute atomic E-state index is 12.4. The molecule has 1 heterocycles. The van der Waals surface area contributed by atoms with Crippen molar-refractivity contribution in [1.29, 1.82) is 0 Å². The number of furan rings is 1. The zero-order chi connectivity index (χ0) is 21.0. The summed E-state index contributed by atoms with van der Waals surface area (Å²) in [7, 11) is 4.82. The SMILES string of the molecule is COc1cc(/C=C/C(=O)c2cc3ccccc3o2)cc(Br)c1OCC(=O)N(C)C. The van der Waals surface area contributed by atoms with Gasteiger partial charge in [0.15, 0.2) is 23.9 Å². The lowest BCUT2D eigenvalue weighted by atomic mass is 10.1. The third-order valence-corrected chi connectivity index (χ3v) is 4.78. The zero-order valence-electron chi connectivity index (χ0n) is 16.3. The van der Waals surface area contributed by atoms with Gasteiger partial charge in [-0.05, 0) is 51.8 Å². The number of benzene rings is 2. The molecule has 0 aliphatic heterocycles. The fraction of sp³-hybridized carbons (Fsp3) is 0.182. The molecule has 0 aliphatic rings.